The minimum absolute atomic E-state index is 0.112. The fourth-order valence-electron chi connectivity index (χ4n) is 2.65. The van der Waals surface area contributed by atoms with Crippen molar-refractivity contribution in [3.8, 4) is 5.75 Å². The first-order chi connectivity index (χ1) is 10.7. The third-order valence-electron chi connectivity index (χ3n) is 3.76. The highest BCUT2D eigenvalue weighted by Crippen LogP contribution is 2.27. The van der Waals surface area contributed by atoms with E-state index in [0.29, 0.717) is 23.6 Å². The Morgan fingerprint density at radius 3 is 2.95 bits per heavy atom. The lowest BCUT2D eigenvalue weighted by molar-refractivity contribution is 0.102. The lowest BCUT2D eigenvalue weighted by Gasteiger charge is -2.12. The number of aryl methyl sites for hydroxylation is 1. The standard InChI is InChI=1S/C18H20N2O2/c1-3-22-17-10-12(2)4-6-16(17)20-18(21)14-5-7-15-13(11-14)8-9-19-15/h4-7,10-11,19H,3,8-9H2,1-2H3,(H,20,21). The molecule has 0 saturated heterocycles. The molecule has 114 valence electrons. The molecule has 0 radical (unpaired) electrons. The number of ether oxygens (including phenoxy) is 1. The molecule has 1 aliphatic heterocycles. The molecule has 4 heteroatoms. The molecule has 2 aromatic rings. The van der Waals surface area contributed by atoms with Gasteiger partial charge >= 0.3 is 0 Å². The van der Waals surface area contributed by atoms with Crippen molar-refractivity contribution in [2.45, 2.75) is 20.3 Å². The van der Waals surface area contributed by atoms with Crippen LogP contribution in [-0.4, -0.2) is 19.1 Å². The van der Waals surface area contributed by atoms with Crippen LogP contribution in [0.3, 0.4) is 0 Å². The van der Waals surface area contributed by atoms with Crippen LogP contribution in [0, 0.1) is 6.92 Å². The maximum Gasteiger partial charge on any atom is 0.255 e. The third-order valence-corrected chi connectivity index (χ3v) is 3.76. The Labute approximate surface area is 130 Å². The fraction of sp³-hybridized carbons (Fsp3) is 0.278. The average Bonchev–Trinajstić information content (AvgIpc) is 2.97. The predicted molar refractivity (Wildman–Crippen MR) is 88.9 cm³/mol. The summed E-state index contributed by atoms with van der Waals surface area (Å²) in [5.74, 6) is 0.596. The molecule has 0 saturated carbocycles. The van der Waals surface area contributed by atoms with E-state index in [-0.39, 0.29) is 5.91 Å². The monoisotopic (exact) mass is 296 g/mol. The quantitative estimate of drug-likeness (QED) is 0.906. The van der Waals surface area contributed by atoms with Gasteiger partial charge in [0.15, 0.2) is 0 Å². The summed E-state index contributed by atoms with van der Waals surface area (Å²) in [4.78, 5) is 12.5. The number of anilines is 2. The molecule has 0 spiro atoms. The number of benzene rings is 2. The maximum absolute atomic E-state index is 12.5. The number of carbonyl (C=O) groups is 1. The van der Waals surface area contributed by atoms with Gasteiger partial charge in [0.05, 0.1) is 12.3 Å². The number of amides is 1. The van der Waals surface area contributed by atoms with Crippen LogP contribution >= 0.6 is 0 Å². The third kappa shape index (κ3) is 2.91. The van der Waals surface area contributed by atoms with Gasteiger partial charge in [0.1, 0.15) is 5.75 Å². The molecule has 0 aromatic heterocycles. The Kier molecular flexibility index (Phi) is 4.00. The second-order valence-corrected chi connectivity index (χ2v) is 5.44. The van der Waals surface area contributed by atoms with Crippen molar-refractivity contribution in [2.75, 3.05) is 23.8 Å². The van der Waals surface area contributed by atoms with Crippen LogP contribution in [-0.2, 0) is 6.42 Å². The van der Waals surface area contributed by atoms with Crippen molar-refractivity contribution in [3.05, 3.63) is 53.1 Å². The van der Waals surface area contributed by atoms with E-state index in [4.69, 9.17) is 4.74 Å². The summed E-state index contributed by atoms with van der Waals surface area (Å²) in [7, 11) is 0. The molecule has 2 N–H and O–H groups in total. The highest BCUT2D eigenvalue weighted by molar-refractivity contribution is 6.05. The lowest BCUT2D eigenvalue weighted by Crippen LogP contribution is -2.13. The van der Waals surface area contributed by atoms with Gasteiger partial charge in [-0.2, -0.15) is 0 Å². The Morgan fingerprint density at radius 2 is 2.14 bits per heavy atom. The van der Waals surface area contributed by atoms with Gasteiger partial charge in [0, 0.05) is 17.8 Å². The molecule has 0 atom stereocenters. The van der Waals surface area contributed by atoms with Gasteiger partial charge in [0.25, 0.3) is 5.91 Å². The normalized spacial score (nSPS) is 12.5. The van der Waals surface area contributed by atoms with Gasteiger partial charge in [0.2, 0.25) is 0 Å². The molecule has 1 amide bonds. The molecule has 0 bridgehead atoms. The molecule has 4 nitrogen and oxygen atoms in total. The van der Waals surface area contributed by atoms with Crippen LogP contribution in [0.4, 0.5) is 11.4 Å². The first kappa shape index (κ1) is 14.4. The summed E-state index contributed by atoms with van der Waals surface area (Å²) in [6.45, 7) is 5.44. The first-order valence-electron chi connectivity index (χ1n) is 7.59. The molecule has 0 aliphatic carbocycles. The lowest BCUT2D eigenvalue weighted by atomic mass is 10.1. The zero-order valence-corrected chi connectivity index (χ0v) is 12.9. The van der Waals surface area contributed by atoms with Crippen molar-refractivity contribution >= 4 is 17.3 Å². The van der Waals surface area contributed by atoms with E-state index >= 15 is 0 Å². The molecule has 0 fully saturated rings. The smallest absolute Gasteiger partial charge is 0.255 e. The largest absolute Gasteiger partial charge is 0.492 e. The summed E-state index contributed by atoms with van der Waals surface area (Å²) in [6, 6.07) is 11.6. The van der Waals surface area contributed by atoms with Gasteiger partial charge < -0.3 is 15.4 Å². The van der Waals surface area contributed by atoms with Crippen LogP contribution in [0.15, 0.2) is 36.4 Å². The van der Waals surface area contributed by atoms with Crippen molar-refractivity contribution in [3.63, 3.8) is 0 Å². The van der Waals surface area contributed by atoms with E-state index in [0.717, 1.165) is 24.2 Å². The molecule has 2 aromatic carbocycles. The molecule has 0 unspecified atom stereocenters. The number of fused-ring (bicyclic) bond motifs is 1. The summed E-state index contributed by atoms with van der Waals surface area (Å²) >= 11 is 0. The first-order valence-corrected chi connectivity index (χ1v) is 7.59. The van der Waals surface area contributed by atoms with Crippen LogP contribution in [0.25, 0.3) is 0 Å². The average molecular weight is 296 g/mol. The van der Waals surface area contributed by atoms with Crippen molar-refractivity contribution in [1.82, 2.24) is 0 Å². The Hall–Kier alpha value is -2.49. The second-order valence-electron chi connectivity index (χ2n) is 5.44. The van der Waals surface area contributed by atoms with Gasteiger partial charge in [-0.05, 0) is 61.7 Å². The summed E-state index contributed by atoms with van der Waals surface area (Å²) in [5, 5.41) is 6.24. The van der Waals surface area contributed by atoms with Gasteiger partial charge in [-0.15, -0.1) is 0 Å². The van der Waals surface area contributed by atoms with Crippen LogP contribution in [0.1, 0.15) is 28.4 Å². The number of carbonyl (C=O) groups excluding carboxylic acids is 1. The summed E-state index contributed by atoms with van der Waals surface area (Å²) in [6.07, 6.45) is 0.963. The van der Waals surface area contributed by atoms with Crippen molar-refractivity contribution < 1.29 is 9.53 Å². The van der Waals surface area contributed by atoms with E-state index in [1.165, 1.54) is 5.56 Å². The highest BCUT2D eigenvalue weighted by Gasteiger charge is 2.15. The van der Waals surface area contributed by atoms with E-state index in [1.807, 2.05) is 50.2 Å². The molecule has 3 rings (SSSR count). The Bertz CT molecular complexity index is 710. The van der Waals surface area contributed by atoms with Crippen LogP contribution < -0.4 is 15.4 Å². The van der Waals surface area contributed by atoms with Crippen LogP contribution in [0.5, 0.6) is 5.75 Å². The number of hydrogen-bond acceptors (Lipinski definition) is 3. The molecular formula is C18H20N2O2. The molecule has 1 aliphatic rings. The minimum atomic E-state index is -0.112. The van der Waals surface area contributed by atoms with Crippen molar-refractivity contribution in [2.24, 2.45) is 0 Å². The maximum atomic E-state index is 12.5. The minimum Gasteiger partial charge on any atom is -0.492 e. The number of hydrogen-bond donors (Lipinski definition) is 2. The van der Waals surface area contributed by atoms with Crippen LogP contribution in [0.2, 0.25) is 0 Å². The van der Waals surface area contributed by atoms with Gasteiger partial charge in [-0.3, -0.25) is 4.79 Å². The summed E-state index contributed by atoms with van der Waals surface area (Å²) < 4.78 is 5.60. The molecule has 22 heavy (non-hydrogen) atoms. The van der Waals surface area contributed by atoms with E-state index in [2.05, 4.69) is 10.6 Å². The Balaban J connectivity index is 1.82. The zero-order chi connectivity index (χ0) is 15.5. The fourth-order valence-corrected chi connectivity index (χ4v) is 2.65. The van der Waals surface area contributed by atoms with E-state index < -0.39 is 0 Å². The zero-order valence-electron chi connectivity index (χ0n) is 12.9. The Morgan fingerprint density at radius 1 is 1.27 bits per heavy atom. The summed E-state index contributed by atoms with van der Waals surface area (Å²) in [5.41, 5.74) is 4.80. The molecular weight excluding hydrogens is 276 g/mol. The second kappa shape index (κ2) is 6.10. The predicted octanol–water partition coefficient (Wildman–Crippen LogP) is 3.61. The van der Waals surface area contributed by atoms with Gasteiger partial charge in [-0.1, -0.05) is 6.07 Å². The SMILES string of the molecule is CCOc1cc(C)ccc1NC(=O)c1ccc2c(c1)CCN2. The molecule has 1 heterocycles. The van der Waals surface area contributed by atoms with E-state index in [1.54, 1.807) is 0 Å². The topological polar surface area (TPSA) is 50.4 Å². The van der Waals surface area contributed by atoms with E-state index in [9.17, 15) is 4.79 Å². The van der Waals surface area contributed by atoms with Crippen molar-refractivity contribution in [1.29, 1.82) is 0 Å². The number of nitrogens with one attached hydrogen (secondary N) is 2. The highest BCUT2D eigenvalue weighted by atomic mass is 16.5. The van der Waals surface area contributed by atoms with Gasteiger partial charge in [-0.25, -0.2) is 0 Å². The number of rotatable bonds is 4.